The maximum atomic E-state index is 11.3. The number of benzene rings is 1. The lowest BCUT2D eigenvalue weighted by Gasteiger charge is -2.07. The van der Waals surface area contributed by atoms with Crippen molar-refractivity contribution in [2.45, 2.75) is 12.5 Å². The third-order valence-electron chi connectivity index (χ3n) is 2.37. The monoisotopic (exact) mass is 264 g/mol. The number of carbonyl (C=O) groups excluding carboxylic acids is 1. The van der Waals surface area contributed by atoms with Crippen molar-refractivity contribution in [3.05, 3.63) is 23.8 Å². The molecule has 2 rings (SSSR count). The summed E-state index contributed by atoms with van der Waals surface area (Å²) in [6.45, 7) is 0. The van der Waals surface area contributed by atoms with E-state index in [0.29, 0.717) is 12.1 Å². The molecule has 1 aromatic rings. The number of halogens is 2. The predicted octanol–water partition coefficient (Wildman–Crippen LogP) is 1.62. The Morgan fingerprint density at radius 3 is 2.81 bits per heavy atom. The number of nitrogens with two attached hydrogens (primary N) is 1. The van der Waals surface area contributed by atoms with Gasteiger partial charge in [-0.1, -0.05) is 6.07 Å². The molecule has 1 atom stereocenters. The van der Waals surface area contributed by atoms with Crippen LogP contribution >= 0.6 is 24.8 Å². The molecule has 0 aromatic heterocycles. The SMILES string of the molecule is COC(=O)C1Cc2ccc(N)cc2N1.Cl.Cl. The van der Waals surface area contributed by atoms with Gasteiger partial charge >= 0.3 is 5.97 Å². The molecule has 16 heavy (non-hydrogen) atoms. The fourth-order valence-corrected chi connectivity index (χ4v) is 1.65. The normalized spacial score (nSPS) is 16.2. The number of rotatable bonds is 1. The molecule has 3 N–H and O–H groups in total. The van der Waals surface area contributed by atoms with Crippen LogP contribution in [-0.4, -0.2) is 19.1 Å². The first kappa shape index (κ1) is 14.9. The van der Waals surface area contributed by atoms with E-state index >= 15 is 0 Å². The Morgan fingerprint density at radius 2 is 2.19 bits per heavy atom. The lowest BCUT2D eigenvalue weighted by Crippen LogP contribution is -2.27. The van der Waals surface area contributed by atoms with Gasteiger partial charge in [-0.2, -0.15) is 0 Å². The van der Waals surface area contributed by atoms with E-state index in [1.165, 1.54) is 7.11 Å². The molecule has 1 unspecified atom stereocenters. The number of methoxy groups -OCH3 is 1. The van der Waals surface area contributed by atoms with Crippen molar-refractivity contribution in [3.63, 3.8) is 0 Å². The first-order valence-electron chi connectivity index (χ1n) is 4.43. The average molecular weight is 265 g/mol. The lowest BCUT2D eigenvalue weighted by molar-refractivity contribution is -0.141. The minimum Gasteiger partial charge on any atom is -0.467 e. The smallest absolute Gasteiger partial charge is 0.328 e. The van der Waals surface area contributed by atoms with Crippen LogP contribution < -0.4 is 11.1 Å². The quantitative estimate of drug-likeness (QED) is 0.598. The van der Waals surface area contributed by atoms with Gasteiger partial charge in [0.25, 0.3) is 0 Å². The van der Waals surface area contributed by atoms with Crippen LogP contribution in [0.3, 0.4) is 0 Å². The van der Waals surface area contributed by atoms with Crippen LogP contribution in [0.25, 0.3) is 0 Å². The van der Waals surface area contributed by atoms with Crippen LogP contribution in [0.4, 0.5) is 11.4 Å². The summed E-state index contributed by atoms with van der Waals surface area (Å²) in [6, 6.07) is 5.33. The number of ether oxygens (including phenoxy) is 1. The van der Waals surface area contributed by atoms with Crippen LogP contribution in [0.15, 0.2) is 18.2 Å². The van der Waals surface area contributed by atoms with Gasteiger partial charge in [0.2, 0.25) is 0 Å². The Morgan fingerprint density at radius 1 is 1.50 bits per heavy atom. The van der Waals surface area contributed by atoms with E-state index in [0.717, 1.165) is 11.3 Å². The molecule has 1 aliphatic heterocycles. The molecule has 0 bridgehead atoms. The number of hydrogen-bond acceptors (Lipinski definition) is 4. The summed E-state index contributed by atoms with van der Waals surface area (Å²) >= 11 is 0. The summed E-state index contributed by atoms with van der Waals surface area (Å²) in [5.41, 5.74) is 8.36. The number of anilines is 2. The van der Waals surface area contributed by atoms with Gasteiger partial charge in [-0.25, -0.2) is 4.79 Å². The number of carbonyl (C=O) groups is 1. The zero-order valence-electron chi connectivity index (χ0n) is 8.73. The number of nitrogen functional groups attached to an aromatic ring is 1. The minimum absolute atomic E-state index is 0. The van der Waals surface area contributed by atoms with Gasteiger partial charge in [-0.3, -0.25) is 0 Å². The molecule has 0 spiro atoms. The van der Waals surface area contributed by atoms with Gasteiger partial charge in [0.05, 0.1) is 7.11 Å². The second kappa shape index (κ2) is 5.82. The summed E-state index contributed by atoms with van der Waals surface area (Å²) in [5, 5.41) is 3.07. The standard InChI is InChI=1S/C10H12N2O2.2ClH/c1-14-10(13)9-4-6-2-3-7(11)5-8(6)12-9;;/h2-3,5,9,12H,4,11H2,1H3;2*1H. The second-order valence-corrected chi connectivity index (χ2v) is 3.34. The molecular formula is C10H14Cl2N2O2. The first-order valence-corrected chi connectivity index (χ1v) is 4.43. The maximum Gasteiger partial charge on any atom is 0.328 e. The largest absolute Gasteiger partial charge is 0.467 e. The van der Waals surface area contributed by atoms with Crippen LogP contribution in [0.5, 0.6) is 0 Å². The molecule has 0 saturated heterocycles. The molecule has 90 valence electrons. The number of nitrogens with one attached hydrogen (secondary N) is 1. The molecule has 0 amide bonds. The van der Waals surface area contributed by atoms with Crippen molar-refractivity contribution in [1.82, 2.24) is 0 Å². The third kappa shape index (κ3) is 2.71. The molecule has 1 aromatic carbocycles. The molecule has 1 heterocycles. The Bertz CT molecular complexity index is 385. The van der Waals surface area contributed by atoms with Crippen molar-refractivity contribution in [1.29, 1.82) is 0 Å². The summed E-state index contributed by atoms with van der Waals surface area (Å²) in [6.07, 6.45) is 0.669. The number of hydrogen-bond donors (Lipinski definition) is 2. The summed E-state index contributed by atoms with van der Waals surface area (Å²) in [5.74, 6) is -0.236. The highest BCUT2D eigenvalue weighted by atomic mass is 35.5. The van der Waals surface area contributed by atoms with Crippen LogP contribution in [0, 0.1) is 0 Å². The molecule has 4 nitrogen and oxygen atoms in total. The Hall–Kier alpha value is -1.13. The van der Waals surface area contributed by atoms with Crippen LogP contribution in [0.1, 0.15) is 5.56 Å². The fourth-order valence-electron chi connectivity index (χ4n) is 1.65. The summed E-state index contributed by atoms with van der Waals surface area (Å²) in [7, 11) is 1.39. The molecule has 6 heteroatoms. The molecule has 0 saturated carbocycles. The zero-order chi connectivity index (χ0) is 10.1. The van der Waals surface area contributed by atoms with E-state index in [1.807, 2.05) is 18.2 Å². The number of esters is 1. The zero-order valence-corrected chi connectivity index (χ0v) is 10.4. The first-order chi connectivity index (χ1) is 6.70. The molecule has 0 radical (unpaired) electrons. The van der Waals surface area contributed by atoms with Gasteiger partial charge < -0.3 is 15.8 Å². The Kier molecular flexibility index (Phi) is 5.41. The number of fused-ring (bicyclic) bond motifs is 1. The summed E-state index contributed by atoms with van der Waals surface area (Å²) < 4.78 is 4.66. The Balaban J connectivity index is 0.00000112. The highest BCUT2D eigenvalue weighted by Crippen LogP contribution is 2.27. The van der Waals surface area contributed by atoms with Gasteiger partial charge in [0.1, 0.15) is 6.04 Å². The third-order valence-corrected chi connectivity index (χ3v) is 2.37. The van der Waals surface area contributed by atoms with Crippen molar-refractivity contribution in [2.75, 3.05) is 18.2 Å². The lowest BCUT2D eigenvalue weighted by atomic mass is 10.1. The van der Waals surface area contributed by atoms with E-state index in [9.17, 15) is 4.79 Å². The minimum atomic E-state index is -0.267. The second-order valence-electron chi connectivity index (χ2n) is 3.34. The van der Waals surface area contributed by atoms with E-state index in [-0.39, 0.29) is 36.8 Å². The highest BCUT2D eigenvalue weighted by molar-refractivity contribution is 5.85. The topological polar surface area (TPSA) is 64.3 Å². The van der Waals surface area contributed by atoms with E-state index in [2.05, 4.69) is 10.1 Å². The molecule has 0 fully saturated rings. The van der Waals surface area contributed by atoms with Crippen molar-refractivity contribution in [3.8, 4) is 0 Å². The van der Waals surface area contributed by atoms with Gasteiger partial charge in [0, 0.05) is 17.8 Å². The highest BCUT2D eigenvalue weighted by Gasteiger charge is 2.27. The van der Waals surface area contributed by atoms with Gasteiger partial charge in [-0.15, -0.1) is 24.8 Å². The molecule has 0 aliphatic carbocycles. The van der Waals surface area contributed by atoms with E-state index in [1.54, 1.807) is 0 Å². The van der Waals surface area contributed by atoms with Gasteiger partial charge in [0.15, 0.2) is 0 Å². The van der Waals surface area contributed by atoms with Crippen LogP contribution in [-0.2, 0) is 16.0 Å². The van der Waals surface area contributed by atoms with Crippen molar-refractivity contribution >= 4 is 42.2 Å². The molecular weight excluding hydrogens is 251 g/mol. The average Bonchev–Trinajstić information content (AvgIpc) is 2.59. The fraction of sp³-hybridized carbons (Fsp3) is 0.300. The predicted molar refractivity (Wildman–Crippen MR) is 68.5 cm³/mol. The van der Waals surface area contributed by atoms with Crippen molar-refractivity contribution < 1.29 is 9.53 Å². The maximum absolute atomic E-state index is 11.3. The Labute approximate surface area is 106 Å². The summed E-state index contributed by atoms with van der Waals surface area (Å²) in [4.78, 5) is 11.3. The van der Waals surface area contributed by atoms with Crippen molar-refractivity contribution in [2.24, 2.45) is 0 Å². The van der Waals surface area contributed by atoms with Crippen LogP contribution in [0.2, 0.25) is 0 Å². The van der Waals surface area contributed by atoms with E-state index in [4.69, 9.17) is 5.73 Å². The van der Waals surface area contributed by atoms with E-state index < -0.39 is 0 Å². The molecule has 1 aliphatic rings. The van der Waals surface area contributed by atoms with Gasteiger partial charge in [-0.05, 0) is 17.7 Å².